The van der Waals surface area contributed by atoms with E-state index in [1.807, 2.05) is 0 Å². The number of ether oxygens (including phenoxy) is 1. The molecule has 2 aliphatic rings. The molecule has 1 saturated heterocycles. The fourth-order valence-electron chi connectivity index (χ4n) is 3.30. The van der Waals surface area contributed by atoms with Gasteiger partial charge in [0.25, 0.3) is 0 Å². The van der Waals surface area contributed by atoms with Crippen LogP contribution in [-0.2, 0) is 21.1 Å². The molecule has 24 heavy (non-hydrogen) atoms. The quantitative estimate of drug-likeness (QED) is 0.882. The maximum absolute atomic E-state index is 12.9. The van der Waals surface area contributed by atoms with Crippen LogP contribution in [0.25, 0.3) is 0 Å². The van der Waals surface area contributed by atoms with Crippen molar-refractivity contribution in [3.05, 3.63) is 35.4 Å². The predicted molar refractivity (Wildman–Crippen MR) is 82.6 cm³/mol. The van der Waals surface area contributed by atoms with Crippen molar-refractivity contribution in [2.45, 2.75) is 37.0 Å². The van der Waals surface area contributed by atoms with Crippen LogP contribution in [0.5, 0.6) is 0 Å². The van der Waals surface area contributed by atoms with Crippen LogP contribution in [0.15, 0.2) is 24.3 Å². The predicted octanol–water partition coefficient (Wildman–Crippen LogP) is 2.23. The Kier molecular flexibility index (Phi) is 4.83. The van der Waals surface area contributed by atoms with Crippen molar-refractivity contribution in [3.8, 4) is 0 Å². The molecule has 1 aliphatic heterocycles. The molecule has 0 aromatic heterocycles. The van der Waals surface area contributed by atoms with Crippen molar-refractivity contribution in [1.82, 2.24) is 10.6 Å². The molecular weight excluding hydrogens is 321 g/mol. The number of hydrogen-bond acceptors (Lipinski definition) is 3. The van der Waals surface area contributed by atoms with Gasteiger partial charge in [0.15, 0.2) is 0 Å². The number of hydrogen-bond donors (Lipinski definition) is 2. The van der Waals surface area contributed by atoms with Gasteiger partial charge in [-0.1, -0.05) is 24.6 Å². The number of carbonyl (C=O) groups excluding carboxylic acids is 1. The van der Waals surface area contributed by atoms with Crippen molar-refractivity contribution < 1.29 is 22.7 Å². The van der Waals surface area contributed by atoms with E-state index in [-0.39, 0.29) is 5.91 Å². The van der Waals surface area contributed by atoms with E-state index in [1.165, 1.54) is 12.1 Å². The summed E-state index contributed by atoms with van der Waals surface area (Å²) in [6.45, 7) is 2.00. The van der Waals surface area contributed by atoms with Gasteiger partial charge in [0.1, 0.15) is 6.10 Å². The highest BCUT2D eigenvalue weighted by atomic mass is 19.4. The maximum atomic E-state index is 12.9. The van der Waals surface area contributed by atoms with Gasteiger partial charge in [0.05, 0.1) is 12.2 Å². The van der Waals surface area contributed by atoms with Crippen LogP contribution in [0.1, 0.15) is 30.4 Å². The van der Waals surface area contributed by atoms with Gasteiger partial charge in [0.2, 0.25) is 5.91 Å². The summed E-state index contributed by atoms with van der Waals surface area (Å²) in [6.07, 6.45) is -2.38. The van der Waals surface area contributed by atoms with Gasteiger partial charge in [-0.15, -0.1) is 0 Å². The molecule has 2 N–H and O–H groups in total. The number of amides is 1. The molecule has 1 aromatic rings. The summed E-state index contributed by atoms with van der Waals surface area (Å²) in [6, 6.07) is 5.45. The van der Waals surface area contributed by atoms with E-state index >= 15 is 0 Å². The van der Waals surface area contributed by atoms with Crippen molar-refractivity contribution in [2.24, 2.45) is 0 Å². The van der Waals surface area contributed by atoms with Crippen LogP contribution in [0, 0.1) is 0 Å². The fourth-order valence-corrected chi connectivity index (χ4v) is 3.30. The topological polar surface area (TPSA) is 50.4 Å². The smallest absolute Gasteiger partial charge is 0.366 e. The van der Waals surface area contributed by atoms with Crippen molar-refractivity contribution in [2.75, 3.05) is 26.2 Å². The third-order valence-electron chi connectivity index (χ3n) is 4.93. The Hall–Kier alpha value is -1.60. The third-order valence-corrected chi connectivity index (χ3v) is 4.93. The molecule has 1 unspecified atom stereocenters. The Labute approximate surface area is 138 Å². The highest BCUT2D eigenvalue weighted by molar-refractivity contribution is 5.81. The number of rotatable bonds is 4. The Morgan fingerprint density at radius 3 is 2.75 bits per heavy atom. The number of alkyl halides is 3. The molecule has 1 aliphatic carbocycles. The molecule has 1 atom stereocenters. The summed E-state index contributed by atoms with van der Waals surface area (Å²) in [5, 5.41) is 5.95. The van der Waals surface area contributed by atoms with Gasteiger partial charge in [-0.25, -0.2) is 0 Å². The van der Waals surface area contributed by atoms with Gasteiger partial charge < -0.3 is 15.4 Å². The Bertz CT molecular complexity index is 594. The molecular formula is C17H21F3N2O2. The van der Waals surface area contributed by atoms with Gasteiger partial charge in [0, 0.05) is 25.0 Å². The molecule has 0 bridgehead atoms. The summed E-state index contributed by atoms with van der Waals surface area (Å²) in [4.78, 5) is 12.2. The normalized spacial score (nSPS) is 23.4. The van der Waals surface area contributed by atoms with Crippen LogP contribution < -0.4 is 10.6 Å². The third kappa shape index (κ3) is 3.57. The molecule has 132 valence electrons. The summed E-state index contributed by atoms with van der Waals surface area (Å²) in [7, 11) is 0. The summed E-state index contributed by atoms with van der Waals surface area (Å²) < 4.78 is 44.2. The average Bonchev–Trinajstić information content (AvgIpc) is 2.54. The zero-order valence-electron chi connectivity index (χ0n) is 13.3. The highest BCUT2D eigenvalue weighted by Crippen LogP contribution is 2.44. The molecule has 0 spiro atoms. The highest BCUT2D eigenvalue weighted by Gasteiger charge is 2.41. The van der Waals surface area contributed by atoms with Crippen LogP contribution in [-0.4, -0.2) is 38.3 Å². The Morgan fingerprint density at radius 1 is 1.38 bits per heavy atom. The van der Waals surface area contributed by atoms with Crippen molar-refractivity contribution in [3.63, 3.8) is 0 Å². The lowest BCUT2D eigenvalue weighted by atomic mass is 9.64. The minimum Gasteiger partial charge on any atom is -0.366 e. The van der Waals surface area contributed by atoms with Crippen LogP contribution >= 0.6 is 0 Å². The largest absolute Gasteiger partial charge is 0.416 e. The molecule has 1 saturated carbocycles. The van der Waals surface area contributed by atoms with Gasteiger partial charge in [-0.2, -0.15) is 13.2 Å². The second-order valence-corrected chi connectivity index (χ2v) is 6.49. The number of nitrogens with one attached hydrogen (secondary N) is 2. The van der Waals surface area contributed by atoms with E-state index < -0.39 is 23.3 Å². The number of morpholine rings is 1. The fraction of sp³-hybridized carbons (Fsp3) is 0.588. The molecule has 1 amide bonds. The zero-order valence-corrected chi connectivity index (χ0v) is 13.3. The van der Waals surface area contributed by atoms with E-state index in [1.54, 1.807) is 6.07 Å². The Morgan fingerprint density at radius 2 is 2.17 bits per heavy atom. The first-order valence-corrected chi connectivity index (χ1v) is 8.19. The van der Waals surface area contributed by atoms with E-state index in [2.05, 4.69) is 10.6 Å². The van der Waals surface area contributed by atoms with E-state index in [4.69, 9.17) is 4.74 Å². The zero-order chi connectivity index (χ0) is 17.2. The lowest BCUT2D eigenvalue weighted by Gasteiger charge is -2.43. The first kappa shape index (κ1) is 17.2. The molecule has 2 fully saturated rings. The number of carbonyl (C=O) groups is 1. The van der Waals surface area contributed by atoms with E-state index in [9.17, 15) is 18.0 Å². The molecule has 1 heterocycles. The van der Waals surface area contributed by atoms with Crippen molar-refractivity contribution >= 4 is 5.91 Å². The van der Waals surface area contributed by atoms with Crippen LogP contribution in [0.3, 0.4) is 0 Å². The maximum Gasteiger partial charge on any atom is 0.416 e. The summed E-state index contributed by atoms with van der Waals surface area (Å²) in [5.41, 5.74) is -0.400. The molecule has 0 radical (unpaired) electrons. The minimum absolute atomic E-state index is 0.208. The lowest BCUT2D eigenvalue weighted by Crippen LogP contribution is -2.52. The van der Waals surface area contributed by atoms with Crippen LogP contribution in [0.2, 0.25) is 0 Å². The van der Waals surface area contributed by atoms with Crippen molar-refractivity contribution in [1.29, 1.82) is 0 Å². The summed E-state index contributed by atoms with van der Waals surface area (Å²) >= 11 is 0. The molecule has 7 heteroatoms. The molecule has 3 rings (SSSR count). The van der Waals surface area contributed by atoms with Crippen LogP contribution in [0.4, 0.5) is 13.2 Å². The Balaban J connectivity index is 1.69. The first-order valence-electron chi connectivity index (χ1n) is 8.19. The molecule has 4 nitrogen and oxygen atoms in total. The first-order chi connectivity index (χ1) is 11.4. The monoisotopic (exact) mass is 342 g/mol. The van der Waals surface area contributed by atoms with E-state index in [0.29, 0.717) is 25.3 Å². The standard InChI is InChI=1S/C17H21F3N2O2/c18-17(19,20)13-4-1-3-12(9-13)16(5-2-6-16)11-22-15(23)14-10-21-7-8-24-14/h1,3-4,9,14,21H,2,5-8,10-11H2,(H,22,23). The second kappa shape index (κ2) is 6.72. The number of benzene rings is 1. The SMILES string of the molecule is O=C(NCC1(c2cccc(C(F)(F)F)c2)CCC1)C1CNCCO1. The lowest BCUT2D eigenvalue weighted by molar-refractivity contribution is -0.138. The van der Waals surface area contributed by atoms with E-state index in [0.717, 1.165) is 31.9 Å². The second-order valence-electron chi connectivity index (χ2n) is 6.49. The van der Waals surface area contributed by atoms with Gasteiger partial charge in [-0.05, 0) is 24.5 Å². The minimum atomic E-state index is -4.36. The number of halogens is 3. The summed E-state index contributed by atoms with van der Waals surface area (Å²) in [5.74, 6) is -0.208. The van der Waals surface area contributed by atoms with Gasteiger partial charge >= 0.3 is 6.18 Å². The molecule has 1 aromatic carbocycles. The average molecular weight is 342 g/mol. The van der Waals surface area contributed by atoms with Gasteiger partial charge in [-0.3, -0.25) is 4.79 Å².